The first kappa shape index (κ1) is 19.0. The van der Waals surface area contributed by atoms with Gasteiger partial charge in [0.25, 0.3) is 5.91 Å². The number of carbonyl (C=O) groups excluding carboxylic acids is 2. The fourth-order valence-electron chi connectivity index (χ4n) is 2.85. The lowest BCUT2D eigenvalue weighted by Gasteiger charge is -2.25. The Bertz CT molecular complexity index is 836. The molecule has 7 heteroatoms. The molecule has 0 bridgehead atoms. The largest absolute Gasteiger partial charge is 0.454 e. The van der Waals surface area contributed by atoms with E-state index in [4.69, 9.17) is 25.8 Å². The summed E-state index contributed by atoms with van der Waals surface area (Å²) in [6.07, 6.45) is -1.04. The van der Waals surface area contributed by atoms with Gasteiger partial charge in [-0.25, -0.2) is 4.79 Å². The molecule has 2 aromatic carbocycles. The van der Waals surface area contributed by atoms with Crippen molar-refractivity contribution in [2.24, 2.45) is 0 Å². The van der Waals surface area contributed by atoms with Crippen LogP contribution < -0.4 is 9.47 Å². The minimum Gasteiger partial charge on any atom is -0.454 e. The van der Waals surface area contributed by atoms with Crippen molar-refractivity contribution in [3.63, 3.8) is 0 Å². The summed E-state index contributed by atoms with van der Waals surface area (Å²) in [4.78, 5) is 27.3. The molecule has 0 unspecified atom stereocenters. The minimum absolute atomic E-state index is 0.0423. The average molecular weight is 390 g/mol. The topological polar surface area (TPSA) is 65.1 Å². The van der Waals surface area contributed by atoms with E-state index in [0.29, 0.717) is 30.2 Å². The van der Waals surface area contributed by atoms with Crippen LogP contribution >= 0.6 is 11.6 Å². The fraction of sp³-hybridized carbons (Fsp3) is 0.300. The number of halogens is 1. The number of fused-ring (bicyclic) bond motifs is 1. The molecule has 0 N–H and O–H groups in total. The van der Waals surface area contributed by atoms with Crippen molar-refractivity contribution in [1.29, 1.82) is 0 Å². The Morgan fingerprint density at radius 2 is 1.85 bits per heavy atom. The molecule has 0 aromatic heterocycles. The van der Waals surface area contributed by atoms with Gasteiger partial charge in [0.2, 0.25) is 12.9 Å². The van der Waals surface area contributed by atoms with E-state index in [0.717, 1.165) is 0 Å². The van der Waals surface area contributed by atoms with E-state index in [1.54, 1.807) is 29.2 Å². The second-order valence-corrected chi connectivity index (χ2v) is 6.31. The molecule has 0 saturated heterocycles. The van der Waals surface area contributed by atoms with Crippen molar-refractivity contribution < 1.29 is 23.8 Å². The normalized spacial score (nSPS) is 13.1. The summed E-state index contributed by atoms with van der Waals surface area (Å²) in [5.74, 6) is -0.163. The van der Waals surface area contributed by atoms with Crippen molar-refractivity contribution in [3.05, 3.63) is 58.6 Å². The van der Waals surface area contributed by atoms with Crippen molar-refractivity contribution in [2.45, 2.75) is 20.0 Å². The quantitative estimate of drug-likeness (QED) is 0.702. The Morgan fingerprint density at radius 3 is 2.52 bits per heavy atom. The Kier molecular flexibility index (Phi) is 5.86. The molecule has 0 aliphatic carbocycles. The standard InChI is InChI=1S/C20H20ClNO5/c1-3-22(4-2)19(23)17(13-8-6-5-7-9-13)27-20(24)14-10-15(21)18-16(11-14)25-12-26-18/h5-11,17H,3-4,12H2,1-2H3/t17-/m0/s1. The number of hydrogen-bond acceptors (Lipinski definition) is 5. The van der Waals surface area contributed by atoms with E-state index in [1.807, 2.05) is 19.9 Å². The van der Waals surface area contributed by atoms with Crippen molar-refractivity contribution >= 4 is 23.5 Å². The number of hydrogen-bond donors (Lipinski definition) is 0. The van der Waals surface area contributed by atoms with Gasteiger partial charge in [0.15, 0.2) is 11.5 Å². The molecule has 3 rings (SSSR count). The number of benzene rings is 2. The van der Waals surface area contributed by atoms with Crippen LogP contribution in [-0.4, -0.2) is 36.7 Å². The maximum Gasteiger partial charge on any atom is 0.339 e. The van der Waals surface area contributed by atoms with E-state index < -0.39 is 12.1 Å². The summed E-state index contributed by atoms with van der Waals surface area (Å²) in [6, 6.07) is 11.9. The van der Waals surface area contributed by atoms with Gasteiger partial charge >= 0.3 is 5.97 Å². The van der Waals surface area contributed by atoms with Crippen LogP contribution in [-0.2, 0) is 9.53 Å². The van der Waals surface area contributed by atoms with Gasteiger partial charge in [-0.3, -0.25) is 4.79 Å². The summed E-state index contributed by atoms with van der Waals surface area (Å²) < 4.78 is 16.1. The number of nitrogens with zero attached hydrogens (tertiary/aromatic N) is 1. The van der Waals surface area contributed by atoms with Crippen LogP contribution in [0.25, 0.3) is 0 Å². The second-order valence-electron chi connectivity index (χ2n) is 5.90. The highest BCUT2D eigenvalue weighted by Crippen LogP contribution is 2.40. The van der Waals surface area contributed by atoms with Gasteiger partial charge in [-0.05, 0) is 26.0 Å². The summed E-state index contributed by atoms with van der Waals surface area (Å²) >= 11 is 6.14. The van der Waals surface area contributed by atoms with Crippen LogP contribution in [0.15, 0.2) is 42.5 Å². The predicted octanol–water partition coefficient (Wildman–Crippen LogP) is 3.84. The number of rotatable bonds is 6. The SMILES string of the molecule is CCN(CC)C(=O)[C@@H](OC(=O)c1cc(Cl)c2c(c1)OCO2)c1ccccc1. The van der Waals surface area contributed by atoms with E-state index >= 15 is 0 Å². The van der Waals surface area contributed by atoms with Crippen LogP contribution in [0.2, 0.25) is 5.02 Å². The molecule has 1 aliphatic heterocycles. The third-order valence-electron chi connectivity index (χ3n) is 4.29. The van der Waals surface area contributed by atoms with E-state index in [2.05, 4.69) is 0 Å². The van der Waals surface area contributed by atoms with Gasteiger partial charge in [0.1, 0.15) is 0 Å². The number of esters is 1. The lowest BCUT2D eigenvalue weighted by atomic mass is 10.1. The summed E-state index contributed by atoms with van der Waals surface area (Å²) in [5.41, 5.74) is 0.798. The zero-order valence-electron chi connectivity index (χ0n) is 15.1. The van der Waals surface area contributed by atoms with E-state index in [9.17, 15) is 9.59 Å². The van der Waals surface area contributed by atoms with E-state index in [-0.39, 0.29) is 23.3 Å². The van der Waals surface area contributed by atoms with Crippen LogP contribution in [0.3, 0.4) is 0 Å². The maximum atomic E-state index is 12.9. The van der Waals surface area contributed by atoms with Crippen LogP contribution in [0.5, 0.6) is 11.5 Å². The molecule has 0 fully saturated rings. The maximum absolute atomic E-state index is 12.9. The molecular formula is C20H20ClNO5. The number of carbonyl (C=O) groups is 2. The van der Waals surface area contributed by atoms with Crippen LogP contribution in [0, 0.1) is 0 Å². The lowest BCUT2D eigenvalue weighted by Crippen LogP contribution is -2.36. The Morgan fingerprint density at radius 1 is 1.15 bits per heavy atom. The Balaban J connectivity index is 1.89. The van der Waals surface area contributed by atoms with Crippen molar-refractivity contribution in [1.82, 2.24) is 4.90 Å². The molecule has 0 spiro atoms. The highest BCUT2D eigenvalue weighted by atomic mass is 35.5. The van der Waals surface area contributed by atoms with Crippen molar-refractivity contribution in [3.8, 4) is 11.5 Å². The third kappa shape index (κ3) is 4.01. The molecule has 142 valence electrons. The number of amides is 1. The van der Waals surface area contributed by atoms with Gasteiger partial charge < -0.3 is 19.1 Å². The highest BCUT2D eigenvalue weighted by molar-refractivity contribution is 6.32. The molecule has 0 saturated carbocycles. The molecule has 1 heterocycles. The van der Waals surface area contributed by atoms with Gasteiger partial charge in [-0.1, -0.05) is 41.9 Å². The monoisotopic (exact) mass is 389 g/mol. The molecule has 1 atom stereocenters. The van der Waals surface area contributed by atoms with E-state index in [1.165, 1.54) is 12.1 Å². The minimum atomic E-state index is -1.04. The number of likely N-dealkylation sites (N-methyl/N-ethyl adjacent to an activating group) is 1. The van der Waals surface area contributed by atoms with Gasteiger partial charge in [0.05, 0.1) is 10.6 Å². The van der Waals surface area contributed by atoms with Gasteiger partial charge in [0, 0.05) is 18.7 Å². The third-order valence-corrected chi connectivity index (χ3v) is 4.57. The molecule has 27 heavy (non-hydrogen) atoms. The first-order valence-corrected chi connectivity index (χ1v) is 9.06. The number of ether oxygens (including phenoxy) is 3. The second kappa shape index (κ2) is 8.31. The predicted molar refractivity (Wildman–Crippen MR) is 100 cm³/mol. The van der Waals surface area contributed by atoms with Gasteiger partial charge in [-0.15, -0.1) is 0 Å². The lowest BCUT2D eigenvalue weighted by molar-refractivity contribution is -0.140. The summed E-state index contributed by atoms with van der Waals surface area (Å²) in [7, 11) is 0. The van der Waals surface area contributed by atoms with Crippen LogP contribution in [0.1, 0.15) is 35.9 Å². The fourth-order valence-corrected chi connectivity index (χ4v) is 3.12. The molecule has 1 aliphatic rings. The zero-order chi connectivity index (χ0) is 19.4. The Labute approximate surface area is 162 Å². The molecular weight excluding hydrogens is 370 g/mol. The van der Waals surface area contributed by atoms with Crippen molar-refractivity contribution in [2.75, 3.05) is 19.9 Å². The first-order valence-electron chi connectivity index (χ1n) is 8.69. The summed E-state index contributed by atoms with van der Waals surface area (Å²) in [5, 5.41) is 0.253. The first-order chi connectivity index (χ1) is 13.0. The molecule has 0 radical (unpaired) electrons. The Hall–Kier alpha value is -2.73. The summed E-state index contributed by atoms with van der Waals surface area (Å²) in [6.45, 7) is 4.84. The average Bonchev–Trinajstić information content (AvgIpc) is 3.16. The highest BCUT2D eigenvalue weighted by Gasteiger charge is 2.30. The van der Waals surface area contributed by atoms with Gasteiger partial charge in [-0.2, -0.15) is 0 Å². The molecule has 2 aromatic rings. The molecule has 1 amide bonds. The molecule has 6 nitrogen and oxygen atoms in total. The van der Waals surface area contributed by atoms with Crippen LogP contribution in [0.4, 0.5) is 0 Å². The zero-order valence-corrected chi connectivity index (χ0v) is 15.9. The smallest absolute Gasteiger partial charge is 0.339 e.